The molecule has 16 heavy (non-hydrogen) atoms. The zero-order valence-electron chi connectivity index (χ0n) is 18.4. The van der Waals surface area contributed by atoms with Crippen LogP contribution in [0.3, 0.4) is 0 Å². The zero-order valence-corrected chi connectivity index (χ0v) is 8.37. The number of hydrogen-bond acceptors (Lipinski definition) is 2. The Hall–Kier alpha value is -1.35. The molecule has 1 amide bonds. The van der Waals surface area contributed by atoms with Crippen molar-refractivity contribution in [1.82, 2.24) is 5.32 Å². The van der Waals surface area contributed by atoms with E-state index in [4.69, 9.17) is 19.4 Å². The van der Waals surface area contributed by atoms with E-state index in [1.807, 2.05) is 0 Å². The third kappa shape index (κ3) is 2.42. The Morgan fingerprint density at radius 2 is 2.31 bits per heavy atom. The first kappa shape index (κ1) is 4.15. The number of benzene rings is 1. The summed E-state index contributed by atoms with van der Waals surface area (Å²) in [6, 6.07) is 3.45. The molecule has 0 aromatic heterocycles. The summed E-state index contributed by atoms with van der Waals surface area (Å²) >= 11 is 0. The number of nitrogens with two attached hydrogens (primary N) is 1. The maximum absolute atomic E-state index is 12.2. The number of amides is 1. The minimum absolute atomic E-state index is 0.257. The molecule has 1 saturated heterocycles. The quantitative estimate of drug-likeness (QED) is 0.821. The zero-order chi connectivity index (χ0) is 20.4. The van der Waals surface area contributed by atoms with Crippen LogP contribution in [0, 0.1) is 0 Å². The van der Waals surface area contributed by atoms with Crippen LogP contribution in [0.25, 0.3) is 0 Å². The molecule has 3 N–H and O–H groups in total. The van der Waals surface area contributed by atoms with Crippen molar-refractivity contribution in [2.75, 3.05) is 6.50 Å². The predicted octanol–water partition coefficient (Wildman–Crippen LogP) is 1.40. The Labute approximate surface area is 110 Å². The Kier molecular flexibility index (Phi) is 1.33. The van der Waals surface area contributed by atoms with Crippen molar-refractivity contribution >= 4 is 5.91 Å². The summed E-state index contributed by atoms with van der Waals surface area (Å²) < 4.78 is 80.2. The van der Waals surface area contributed by atoms with Gasteiger partial charge in [-0.25, -0.2) is 0 Å². The molecular formula is C13H18N2O. The highest BCUT2D eigenvalue weighted by molar-refractivity contribution is 5.82. The lowest BCUT2D eigenvalue weighted by Crippen LogP contribution is -2.43. The molecule has 1 aliphatic heterocycles. The average molecular weight is 228 g/mol. The molecule has 0 aliphatic carbocycles. The molecule has 3 heteroatoms. The van der Waals surface area contributed by atoms with Gasteiger partial charge in [-0.3, -0.25) is 4.79 Å². The van der Waals surface area contributed by atoms with Crippen LogP contribution in [0.15, 0.2) is 30.3 Å². The maximum atomic E-state index is 12.2. The summed E-state index contributed by atoms with van der Waals surface area (Å²) in [5, 5.41) is 1.75. The van der Waals surface area contributed by atoms with E-state index in [0.29, 0.717) is 0 Å². The highest BCUT2D eigenvalue weighted by atomic mass is 16.1. The van der Waals surface area contributed by atoms with E-state index in [9.17, 15) is 4.79 Å². The van der Waals surface area contributed by atoms with E-state index in [-0.39, 0.29) is 5.56 Å². The van der Waals surface area contributed by atoms with E-state index in [0.717, 1.165) is 0 Å². The van der Waals surface area contributed by atoms with Gasteiger partial charge in [0.1, 0.15) is 0 Å². The molecule has 1 aromatic carbocycles. The van der Waals surface area contributed by atoms with Gasteiger partial charge < -0.3 is 11.1 Å². The second-order valence-electron chi connectivity index (χ2n) is 3.11. The summed E-state index contributed by atoms with van der Waals surface area (Å²) in [4.78, 5) is 12.2. The Morgan fingerprint density at radius 3 is 3.00 bits per heavy atom. The molecule has 1 aromatic rings. The minimum Gasteiger partial charge on any atom is -0.369 e. The van der Waals surface area contributed by atoms with Gasteiger partial charge in [0.2, 0.25) is 5.91 Å². The van der Waals surface area contributed by atoms with E-state index < -0.39 is 43.4 Å². The predicted molar refractivity (Wildman–Crippen MR) is 64.0 cm³/mol. The van der Waals surface area contributed by atoms with Crippen molar-refractivity contribution < 1.29 is 18.5 Å². The fourth-order valence-corrected chi connectivity index (χ4v) is 1.39. The van der Waals surface area contributed by atoms with Crippen LogP contribution in [0.2, 0.25) is 0 Å². The van der Waals surface area contributed by atoms with Crippen LogP contribution in [-0.2, 0) is 4.79 Å². The normalized spacial score (nSPS) is 51.0. The lowest BCUT2D eigenvalue weighted by molar-refractivity contribution is -0.120. The fraction of sp³-hybridized carbons (Fsp3) is 0.462. The minimum atomic E-state index is -3.58. The van der Waals surface area contributed by atoms with E-state index in [2.05, 4.69) is 0 Å². The molecule has 3 nitrogen and oxygen atoms in total. The molecule has 86 valence electrons. The van der Waals surface area contributed by atoms with Crippen molar-refractivity contribution in [3.8, 4) is 0 Å². The van der Waals surface area contributed by atoms with E-state index in [1.165, 1.54) is 30.3 Å². The van der Waals surface area contributed by atoms with Crippen molar-refractivity contribution in [2.24, 2.45) is 5.73 Å². The molecule has 2 unspecified atom stereocenters. The smallest absolute Gasteiger partial charge is 0.226 e. The van der Waals surface area contributed by atoms with Crippen molar-refractivity contribution in [1.29, 1.82) is 0 Å². The standard InChI is InChI=1S/C13H18N2O/c14-13(16)12(10-6-2-1-3-7-10)11-8-4-5-9-15-11/h1-3,6-7,11-12,15H,4-5,8-9H2,(H2,14,16)/i4D2,5D2,8D2,9D2,11D,12D. The summed E-state index contributed by atoms with van der Waals surface area (Å²) in [6.07, 6.45) is -10.5. The summed E-state index contributed by atoms with van der Waals surface area (Å²) in [5.41, 5.74) is 5.04. The van der Waals surface area contributed by atoms with Crippen molar-refractivity contribution in [3.63, 3.8) is 0 Å². The number of carbonyl (C=O) groups is 1. The van der Waals surface area contributed by atoms with Gasteiger partial charge in [0.25, 0.3) is 0 Å². The molecule has 2 rings (SSSR count). The molecule has 1 heterocycles. The van der Waals surface area contributed by atoms with Crippen molar-refractivity contribution in [3.05, 3.63) is 35.9 Å². The van der Waals surface area contributed by atoms with Gasteiger partial charge in [0.15, 0.2) is 0 Å². The molecule has 1 fully saturated rings. The van der Waals surface area contributed by atoms with Crippen LogP contribution in [0.5, 0.6) is 0 Å². The summed E-state index contributed by atoms with van der Waals surface area (Å²) in [7, 11) is 0. The monoisotopic (exact) mass is 228 g/mol. The van der Waals surface area contributed by atoms with Gasteiger partial charge >= 0.3 is 0 Å². The molecule has 2 atom stereocenters. The van der Waals surface area contributed by atoms with Crippen LogP contribution >= 0.6 is 0 Å². The van der Waals surface area contributed by atoms with Crippen molar-refractivity contribution in [2.45, 2.75) is 31.0 Å². The number of nitrogens with one attached hydrogen (secondary N) is 1. The van der Waals surface area contributed by atoms with Gasteiger partial charge in [-0.15, -0.1) is 0 Å². The second-order valence-corrected chi connectivity index (χ2v) is 3.11. The molecule has 1 aliphatic rings. The first-order valence-corrected chi connectivity index (χ1v) is 4.65. The van der Waals surface area contributed by atoms with Gasteiger partial charge in [0, 0.05) is 19.7 Å². The number of primary amides is 1. The van der Waals surface area contributed by atoms with Crippen LogP contribution < -0.4 is 11.1 Å². The Balaban J connectivity index is 2.86. The molecule has 0 saturated carbocycles. The second kappa shape index (κ2) is 5.12. The van der Waals surface area contributed by atoms with Gasteiger partial charge in [0.05, 0.1) is 5.89 Å². The first-order chi connectivity index (χ1) is 11.5. The Bertz CT molecular complexity index is 725. The third-order valence-corrected chi connectivity index (χ3v) is 2.06. The number of piperidine rings is 1. The lowest BCUT2D eigenvalue weighted by atomic mass is 9.86. The van der Waals surface area contributed by atoms with Crippen LogP contribution in [0.4, 0.5) is 0 Å². The number of hydrogen-bond donors (Lipinski definition) is 2. The largest absolute Gasteiger partial charge is 0.369 e. The molecule has 0 spiro atoms. The average Bonchev–Trinajstić information content (AvgIpc) is 2.52. The molecular weight excluding hydrogens is 200 g/mol. The van der Waals surface area contributed by atoms with Crippen LogP contribution in [0.1, 0.15) is 44.3 Å². The highest BCUT2D eigenvalue weighted by Gasteiger charge is 2.28. The summed E-state index contributed by atoms with van der Waals surface area (Å²) in [5.74, 6) is -4.47. The van der Waals surface area contributed by atoms with E-state index >= 15 is 0 Å². The van der Waals surface area contributed by atoms with Crippen LogP contribution in [-0.4, -0.2) is 18.4 Å². The van der Waals surface area contributed by atoms with Gasteiger partial charge in [-0.2, -0.15) is 0 Å². The highest BCUT2D eigenvalue weighted by Crippen LogP contribution is 2.24. The maximum Gasteiger partial charge on any atom is 0.226 e. The SMILES string of the molecule is [2H]C1([2H])NC([2H])(C([2H])(C(N)=O)c2ccccc2)C([2H])([2H])C([2H])([2H])C1([2H])[2H]. The first-order valence-electron chi connectivity index (χ1n) is 9.65. The third-order valence-electron chi connectivity index (χ3n) is 2.06. The van der Waals surface area contributed by atoms with Gasteiger partial charge in [-0.1, -0.05) is 36.7 Å². The lowest BCUT2D eigenvalue weighted by Gasteiger charge is -2.29. The fourth-order valence-electron chi connectivity index (χ4n) is 1.39. The Morgan fingerprint density at radius 1 is 1.56 bits per heavy atom. The molecule has 0 radical (unpaired) electrons. The topological polar surface area (TPSA) is 55.1 Å². The number of carbonyl (C=O) groups excluding carboxylic acids is 1. The van der Waals surface area contributed by atoms with E-state index in [1.54, 1.807) is 5.32 Å². The molecule has 0 bridgehead atoms. The summed E-state index contributed by atoms with van der Waals surface area (Å²) in [6.45, 7) is -3.28. The number of rotatable bonds is 3. The van der Waals surface area contributed by atoms with Gasteiger partial charge in [-0.05, 0) is 24.8 Å².